The summed E-state index contributed by atoms with van der Waals surface area (Å²) < 4.78 is 48.8. The first-order valence-electron chi connectivity index (χ1n) is 6.12. The molecule has 6 nitrogen and oxygen atoms in total. The molecule has 8 heteroatoms. The molecule has 0 saturated carbocycles. The summed E-state index contributed by atoms with van der Waals surface area (Å²) in [5.41, 5.74) is 5.43. The predicted octanol–water partition coefficient (Wildman–Crippen LogP) is -0.437. The van der Waals surface area contributed by atoms with Crippen LogP contribution in [0.2, 0.25) is 0 Å². The second-order valence-corrected chi connectivity index (χ2v) is 9.36. The van der Waals surface area contributed by atoms with Crippen molar-refractivity contribution in [2.75, 3.05) is 24.6 Å². The normalized spacial score (nSPS) is 21.6. The SMILES string of the molecule is CC(C)N(CCN)S(=O)(=O)C1CCS(=O)(=O)CC1. The highest BCUT2D eigenvalue weighted by Crippen LogP contribution is 2.23. The van der Waals surface area contributed by atoms with E-state index in [4.69, 9.17) is 5.73 Å². The Morgan fingerprint density at radius 3 is 2.17 bits per heavy atom. The van der Waals surface area contributed by atoms with Gasteiger partial charge in [0, 0.05) is 19.1 Å². The van der Waals surface area contributed by atoms with Crippen LogP contribution in [0.15, 0.2) is 0 Å². The number of nitrogens with two attached hydrogens (primary N) is 1. The molecule has 18 heavy (non-hydrogen) atoms. The summed E-state index contributed by atoms with van der Waals surface area (Å²) in [6.07, 6.45) is 0.386. The van der Waals surface area contributed by atoms with Crippen LogP contribution in [0.3, 0.4) is 0 Å². The molecular weight excluding hydrogens is 276 g/mol. The molecule has 108 valence electrons. The van der Waals surface area contributed by atoms with E-state index in [1.54, 1.807) is 13.8 Å². The van der Waals surface area contributed by atoms with E-state index in [1.807, 2.05) is 0 Å². The van der Waals surface area contributed by atoms with Gasteiger partial charge in [-0.3, -0.25) is 0 Å². The van der Waals surface area contributed by atoms with E-state index in [1.165, 1.54) is 4.31 Å². The van der Waals surface area contributed by atoms with E-state index >= 15 is 0 Å². The zero-order valence-electron chi connectivity index (χ0n) is 10.9. The Balaban J connectivity index is 2.86. The Morgan fingerprint density at radius 2 is 1.78 bits per heavy atom. The van der Waals surface area contributed by atoms with E-state index in [2.05, 4.69) is 0 Å². The third kappa shape index (κ3) is 3.66. The Morgan fingerprint density at radius 1 is 1.28 bits per heavy atom. The molecule has 1 rings (SSSR count). The lowest BCUT2D eigenvalue weighted by molar-refractivity contribution is 0.353. The molecule has 0 unspecified atom stereocenters. The second kappa shape index (κ2) is 5.85. The van der Waals surface area contributed by atoms with Crippen LogP contribution in [-0.2, 0) is 19.9 Å². The fourth-order valence-electron chi connectivity index (χ4n) is 2.16. The molecule has 1 fully saturated rings. The first kappa shape index (κ1) is 15.9. The van der Waals surface area contributed by atoms with Crippen LogP contribution >= 0.6 is 0 Å². The lowest BCUT2D eigenvalue weighted by Gasteiger charge is -2.31. The van der Waals surface area contributed by atoms with Crippen molar-refractivity contribution in [1.82, 2.24) is 4.31 Å². The summed E-state index contributed by atoms with van der Waals surface area (Å²) in [5, 5.41) is -0.588. The van der Waals surface area contributed by atoms with Gasteiger partial charge in [0.15, 0.2) is 0 Å². The van der Waals surface area contributed by atoms with Crippen LogP contribution in [0, 0.1) is 0 Å². The highest BCUT2D eigenvalue weighted by atomic mass is 32.2. The first-order valence-corrected chi connectivity index (χ1v) is 9.44. The predicted molar refractivity (Wildman–Crippen MR) is 71.5 cm³/mol. The van der Waals surface area contributed by atoms with Crippen molar-refractivity contribution in [3.05, 3.63) is 0 Å². The van der Waals surface area contributed by atoms with Crippen molar-refractivity contribution in [2.24, 2.45) is 5.73 Å². The zero-order chi connectivity index (χ0) is 14.0. The highest BCUT2D eigenvalue weighted by molar-refractivity contribution is 7.92. The second-order valence-electron chi connectivity index (χ2n) is 4.89. The summed E-state index contributed by atoms with van der Waals surface area (Å²) in [6.45, 7) is 4.14. The smallest absolute Gasteiger partial charge is 0.217 e. The van der Waals surface area contributed by atoms with Gasteiger partial charge in [0.25, 0.3) is 0 Å². The quantitative estimate of drug-likeness (QED) is 0.742. The van der Waals surface area contributed by atoms with Gasteiger partial charge in [-0.2, -0.15) is 4.31 Å². The van der Waals surface area contributed by atoms with E-state index in [0.29, 0.717) is 0 Å². The number of sulfonamides is 1. The fraction of sp³-hybridized carbons (Fsp3) is 1.00. The third-order valence-electron chi connectivity index (χ3n) is 3.18. The third-order valence-corrected chi connectivity index (χ3v) is 7.46. The van der Waals surface area contributed by atoms with Crippen LogP contribution in [0.4, 0.5) is 0 Å². The van der Waals surface area contributed by atoms with E-state index in [9.17, 15) is 16.8 Å². The lowest BCUT2D eigenvalue weighted by atomic mass is 10.2. The minimum Gasteiger partial charge on any atom is -0.329 e. The average molecular weight is 298 g/mol. The standard InChI is InChI=1S/C10H22N2O4S2/c1-9(2)12(6-5-11)18(15,16)10-3-7-17(13,14)8-4-10/h9-10H,3-8,11H2,1-2H3. The topological polar surface area (TPSA) is 97.5 Å². The van der Waals surface area contributed by atoms with Crippen molar-refractivity contribution in [3.8, 4) is 0 Å². The summed E-state index contributed by atoms with van der Waals surface area (Å²) in [6, 6.07) is -0.155. The molecular formula is C10H22N2O4S2. The molecule has 0 aromatic carbocycles. The van der Waals surface area contributed by atoms with Crippen LogP contribution in [-0.4, -0.2) is 57.0 Å². The maximum absolute atomic E-state index is 12.4. The van der Waals surface area contributed by atoms with E-state index in [-0.39, 0.29) is 43.5 Å². The number of sulfone groups is 1. The van der Waals surface area contributed by atoms with Crippen LogP contribution in [0.25, 0.3) is 0 Å². The van der Waals surface area contributed by atoms with Crippen LogP contribution < -0.4 is 5.73 Å². The van der Waals surface area contributed by atoms with Gasteiger partial charge in [-0.1, -0.05) is 0 Å². The van der Waals surface area contributed by atoms with Gasteiger partial charge in [0.1, 0.15) is 9.84 Å². The summed E-state index contributed by atoms with van der Waals surface area (Å²) in [5.74, 6) is -0.0725. The van der Waals surface area contributed by atoms with Gasteiger partial charge in [-0.15, -0.1) is 0 Å². The number of nitrogens with zero attached hydrogens (tertiary/aromatic N) is 1. The molecule has 1 aliphatic heterocycles. The Kier molecular flexibility index (Phi) is 5.16. The van der Waals surface area contributed by atoms with E-state index < -0.39 is 25.1 Å². The molecule has 0 amide bonds. The molecule has 1 aliphatic rings. The Hall–Kier alpha value is -0.180. The number of rotatable bonds is 5. The zero-order valence-corrected chi connectivity index (χ0v) is 12.5. The lowest BCUT2D eigenvalue weighted by Crippen LogP contribution is -2.47. The summed E-state index contributed by atoms with van der Waals surface area (Å²) in [7, 11) is -6.49. The van der Waals surface area contributed by atoms with Gasteiger partial charge in [-0.05, 0) is 26.7 Å². The van der Waals surface area contributed by atoms with E-state index in [0.717, 1.165) is 0 Å². The minimum atomic E-state index is -3.45. The van der Waals surface area contributed by atoms with Gasteiger partial charge in [0.2, 0.25) is 10.0 Å². The van der Waals surface area contributed by atoms with Crippen molar-refractivity contribution in [2.45, 2.75) is 38.0 Å². The molecule has 0 atom stereocenters. The molecule has 0 aromatic heterocycles. The fourth-order valence-corrected chi connectivity index (χ4v) is 6.12. The van der Waals surface area contributed by atoms with Crippen LogP contribution in [0.1, 0.15) is 26.7 Å². The maximum Gasteiger partial charge on any atom is 0.217 e. The summed E-state index contributed by atoms with van der Waals surface area (Å²) in [4.78, 5) is 0. The molecule has 2 N–H and O–H groups in total. The van der Waals surface area contributed by atoms with Crippen molar-refractivity contribution in [3.63, 3.8) is 0 Å². The molecule has 0 aliphatic carbocycles. The molecule has 1 saturated heterocycles. The summed E-state index contributed by atoms with van der Waals surface area (Å²) >= 11 is 0. The van der Waals surface area contributed by atoms with Gasteiger partial charge in [0.05, 0.1) is 16.8 Å². The van der Waals surface area contributed by atoms with Crippen molar-refractivity contribution < 1.29 is 16.8 Å². The largest absolute Gasteiger partial charge is 0.329 e. The van der Waals surface area contributed by atoms with Gasteiger partial charge >= 0.3 is 0 Å². The van der Waals surface area contributed by atoms with Gasteiger partial charge < -0.3 is 5.73 Å². The van der Waals surface area contributed by atoms with Crippen molar-refractivity contribution in [1.29, 1.82) is 0 Å². The monoisotopic (exact) mass is 298 g/mol. The molecule has 0 bridgehead atoms. The van der Waals surface area contributed by atoms with Crippen molar-refractivity contribution >= 4 is 19.9 Å². The number of hydrogen-bond donors (Lipinski definition) is 1. The molecule has 0 spiro atoms. The minimum absolute atomic E-state index is 0.0363. The number of hydrogen-bond acceptors (Lipinski definition) is 5. The molecule has 0 aromatic rings. The Bertz CT molecular complexity index is 456. The highest BCUT2D eigenvalue weighted by Gasteiger charge is 2.37. The average Bonchev–Trinajstić information content (AvgIpc) is 2.24. The Labute approximate surface area is 110 Å². The maximum atomic E-state index is 12.4. The van der Waals surface area contributed by atoms with Gasteiger partial charge in [-0.25, -0.2) is 16.8 Å². The first-order chi connectivity index (χ1) is 8.20. The van der Waals surface area contributed by atoms with Crippen LogP contribution in [0.5, 0.6) is 0 Å². The molecule has 1 heterocycles. The molecule has 0 radical (unpaired) electrons.